The van der Waals surface area contributed by atoms with Crippen molar-refractivity contribution in [3.8, 4) is 5.82 Å². The Kier molecular flexibility index (Phi) is 3.03. The van der Waals surface area contributed by atoms with Gasteiger partial charge in [0.1, 0.15) is 11.6 Å². The normalized spacial score (nSPS) is 10.6. The van der Waals surface area contributed by atoms with E-state index in [1.165, 1.54) is 0 Å². The second-order valence-electron chi connectivity index (χ2n) is 3.84. The minimum Gasteiger partial charge on any atom is -0.354 e. The van der Waals surface area contributed by atoms with Crippen LogP contribution in [-0.2, 0) is 0 Å². The highest BCUT2D eigenvalue weighted by Crippen LogP contribution is 2.10. The summed E-state index contributed by atoms with van der Waals surface area (Å²) in [5.41, 5.74) is 0.901. The van der Waals surface area contributed by atoms with Crippen LogP contribution in [0.4, 0.5) is 5.95 Å². The molecule has 6 heteroatoms. The lowest BCUT2D eigenvalue weighted by molar-refractivity contribution is 0.795. The van der Waals surface area contributed by atoms with Gasteiger partial charge in [-0.05, 0) is 27.7 Å². The van der Waals surface area contributed by atoms with Gasteiger partial charge in [-0.15, -0.1) is 5.10 Å². The van der Waals surface area contributed by atoms with Crippen molar-refractivity contribution < 1.29 is 0 Å². The van der Waals surface area contributed by atoms with Crippen molar-refractivity contribution in [2.45, 2.75) is 27.7 Å². The van der Waals surface area contributed by atoms with Gasteiger partial charge in [-0.25, -0.2) is 9.97 Å². The maximum atomic E-state index is 4.41. The summed E-state index contributed by atoms with van der Waals surface area (Å²) < 4.78 is 1.73. The van der Waals surface area contributed by atoms with Gasteiger partial charge in [-0.3, -0.25) is 0 Å². The first kappa shape index (κ1) is 11.5. The van der Waals surface area contributed by atoms with Gasteiger partial charge < -0.3 is 5.32 Å². The van der Waals surface area contributed by atoms with Crippen LogP contribution in [0.5, 0.6) is 0 Å². The number of nitrogens with zero attached hydrogens (tertiary/aromatic N) is 5. The van der Waals surface area contributed by atoms with Crippen LogP contribution in [0.1, 0.15) is 24.3 Å². The van der Waals surface area contributed by atoms with E-state index >= 15 is 0 Å². The number of anilines is 1. The highest BCUT2D eigenvalue weighted by molar-refractivity contribution is 5.34. The summed E-state index contributed by atoms with van der Waals surface area (Å²) in [6.07, 6.45) is 0. The fourth-order valence-electron chi connectivity index (χ4n) is 1.64. The molecular weight excluding hydrogens is 216 g/mol. The molecule has 0 saturated carbocycles. The molecule has 0 aliphatic carbocycles. The summed E-state index contributed by atoms with van der Waals surface area (Å²) in [6.45, 7) is 8.51. The van der Waals surface area contributed by atoms with Crippen LogP contribution < -0.4 is 5.32 Å². The molecular formula is C11H16N6. The third kappa shape index (κ3) is 2.41. The van der Waals surface area contributed by atoms with Gasteiger partial charge in [0.05, 0.1) is 0 Å². The Morgan fingerprint density at radius 2 is 1.94 bits per heavy atom. The molecule has 2 aromatic heterocycles. The molecule has 2 aromatic rings. The Labute approximate surface area is 100 Å². The summed E-state index contributed by atoms with van der Waals surface area (Å²) >= 11 is 0. The molecule has 0 fully saturated rings. The maximum Gasteiger partial charge on any atom is 0.224 e. The molecule has 0 atom stereocenters. The molecule has 0 bridgehead atoms. The first-order chi connectivity index (χ1) is 8.10. The fraction of sp³-hybridized carbons (Fsp3) is 0.455. The average molecular weight is 232 g/mol. The Bertz CT molecular complexity index is 531. The maximum absolute atomic E-state index is 4.41. The SMILES string of the molecule is CCNc1nc(C)cc(-n2nc(C)nc2C)n1. The lowest BCUT2D eigenvalue weighted by atomic mass is 10.4. The van der Waals surface area contributed by atoms with E-state index in [1.54, 1.807) is 4.68 Å². The average Bonchev–Trinajstić information content (AvgIpc) is 2.57. The largest absolute Gasteiger partial charge is 0.354 e. The van der Waals surface area contributed by atoms with Crippen molar-refractivity contribution in [3.05, 3.63) is 23.4 Å². The molecule has 0 amide bonds. The number of nitrogens with one attached hydrogen (secondary N) is 1. The van der Waals surface area contributed by atoms with E-state index in [0.717, 1.165) is 29.7 Å². The van der Waals surface area contributed by atoms with Crippen LogP contribution in [0, 0.1) is 20.8 Å². The molecule has 0 radical (unpaired) electrons. The molecule has 6 nitrogen and oxygen atoms in total. The predicted molar refractivity (Wildman–Crippen MR) is 65.3 cm³/mol. The number of hydrogen-bond donors (Lipinski definition) is 1. The van der Waals surface area contributed by atoms with Crippen molar-refractivity contribution in [1.29, 1.82) is 0 Å². The molecule has 0 unspecified atom stereocenters. The second-order valence-corrected chi connectivity index (χ2v) is 3.84. The van der Waals surface area contributed by atoms with Crippen LogP contribution in [0.2, 0.25) is 0 Å². The molecule has 1 N–H and O–H groups in total. The van der Waals surface area contributed by atoms with Crippen LogP contribution >= 0.6 is 0 Å². The summed E-state index contributed by atoms with van der Waals surface area (Å²) in [5.74, 6) is 2.92. The fourth-order valence-corrected chi connectivity index (χ4v) is 1.64. The van der Waals surface area contributed by atoms with Gasteiger partial charge in [0.2, 0.25) is 5.95 Å². The van der Waals surface area contributed by atoms with Crippen LogP contribution in [0.15, 0.2) is 6.07 Å². The van der Waals surface area contributed by atoms with Crippen molar-refractivity contribution in [2.75, 3.05) is 11.9 Å². The molecule has 17 heavy (non-hydrogen) atoms. The smallest absolute Gasteiger partial charge is 0.224 e. The zero-order valence-corrected chi connectivity index (χ0v) is 10.5. The van der Waals surface area contributed by atoms with Gasteiger partial charge in [-0.1, -0.05) is 0 Å². The number of aromatic nitrogens is 5. The predicted octanol–water partition coefficient (Wildman–Crippen LogP) is 1.41. The summed E-state index contributed by atoms with van der Waals surface area (Å²) in [6, 6.07) is 1.89. The number of aryl methyl sites for hydroxylation is 3. The van der Waals surface area contributed by atoms with Crippen LogP contribution in [0.25, 0.3) is 5.82 Å². The van der Waals surface area contributed by atoms with Crippen molar-refractivity contribution in [2.24, 2.45) is 0 Å². The zero-order chi connectivity index (χ0) is 12.4. The molecule has 0 aliphatic heterocycles. The van der Waals surface area contributed by atoms with Crippen LogP contribution in [0.3, 0.4) is 0 Å². The minimum atomic E-state index is 0.620. The van der Waals surface area contributed by atoms with E-state index < -0.39 is 0 Å². The highest BCUT2D eigenvalue weighted by atomic mass is 15.4. The first-order valence-corrected chi connectivity index (χ1v) is 5.60. The van der Waals surface area contributed by atoms with E-state index in [-0.39, 0.29) is 0 Å². The first-order valence-electron chi connectivity index (χ1n) is 5.60. The molecule has 90 valence electrons. The number of hydrogen-bond acceptors (Lipinski definition) is 5. The molecule has 0 saturated heterocycles. The van der Waals surface area contributed by atoms with Gasteiger partial charge in [0, 0.05) is 18.3 Å². The Morgan fingerprint density at radius 3 is 2.53 bits per heavy atom. The van der Waals surface area contributed by atoms with Gasteiger partial charge in [0.25, 0.3) is 0 Å². The van der Waals surface area contributed by atoms with E-state index in [9.17, 15) is 0 Å². The summed E-state index contributed by atoms with van der Waals surface area (Å²) in [5, 5.41) is 7.41. The lowest BCUT2D eigenvalue weighted by Crippen LogP contribution is -2.08. The highest BCUT2D eigenvalue weighted by Gasteiger charge is 2.08. The standard InChI is InChI=1S/C11H16N6/c1-5-12-11-13-7(2)6-10(15-11)17-9(4)14-8(3)16-17/h6H,5H2,1-4H3,(H,12,13,15). The Hall–Kier alpha value is -1.98. The summed E-state index contributed by atoms with van der Waals surface area (Å²) in [7, 11) is 0. The zero-order valence-electron chi connectivity index (χ0n) is 10.5. The van der Waals surface area contributed by atoms with Crippen molar-refractivity contribution in [1.82, 2.24) is 24.7 Å². The second kappa shape index (κ2) is 4.48. The Balaban J connectivity index is 2.48. The molecule has 0 spiro atoms. The van der Waals surface area contributed by atoms with Gasteiger partial charge >= 0.3 is 0 Å². The van der Waals surface area contributed by atoms with E-state index in [2.05, 4.69) is 25.4 Å². The number of rotatable bonds is 3. The quantitative estimate of drug-likeness (QED) is 0.866. The minimum absolute atomic E-state index is 0.620. The van der Waals surface area contributed by atoms with Crippen molar-refractivity contribution >= 4 is 5.95 Å². The van der Waals surface area contributed by atoms with Crippen molar-refractivity contribution in [3.63, 3.8) is 0 Å². The lowest BCUT2D eigenvalue weighted by Gasteiger charge is -2.07. The van der Waals surface area contributed by atoms with E-state index in [0.29, 0.717) is 5.95 Å². The Morgan fingerprint density at radius 1 is 1.18 bits per heavy atom. The van der Waals surface area contributed by atoms with Gasteiger partial charge in [0.15, 0.2) is 5.82 Å². The molecule has 2 heterocycles. The van der Waals surface area contributed by atoms with Crippen LogP contribution in [-0.4, -0.2) is 31.3 Å². The third-order valence-corrected chi connectivity index (χ3v) is 2.27. The molecule has 2 rings (SSSR count). The van der Waals surface area contributed by atoms with E-state index in [1.807, 2.05) is 33.8 Å². The van der Waals surface area contributed by atoms with Gasteiger partial charge in [-0.2, -0.15) is 9.67 Å². The van der Waals surface area contributed by atoms with E-state index in [4.69, 9.17) is 0 Å². The topological polar surface area (TPSA) is 68.5 Å². The third-order valence-electron chi connectivity index (χ3n) is 2.27. The summed E-state index contributed by atoms with van der Waals surface area (Å²) in [4.78, 5) is 13.0. The monoisotopic (exact) mass is 232 g/mol. The molecule has 0 aliphatic rings. The molecule has 0 aromatic carbocycles.